The van der Waals surface area contributed by atoms with Gasteiger partial charge in [0.05, 0.1) is 24.4 Å². The van der Waals surface area contributed by atoms with Crippen molar-refractivity contribution in [2.45, 2.75) is 43.3 Å². The van der Waals surface area contributed by atoms with Crippen LogP contribution in [0.1, 0.15) is 12.8 Å². The SMILES string of the molecule is [N-]=[N+]=N[C@@H]1C2CC[C@@H](O2)[C@@H](O)C1O. The minimum absolute atomic E-state index is 0.223. The summed E-state index contributed by atoms with van der Waals surface area (Å²) in [6.45, 7) is 0. The van der Waals surface area contributed by atoms with E-state index in [9.17, 15) is 10.2 Å². The highest BCUT2D eigenvalue weighted by Gasteiger charge is 2.47. The van der Waals surface area contributed by atoms with Crippen LogP contribution in [0.4, 0.5) is 0 Å². The van der Waals surface area contributed by atoms with Crippen molar-refractivity contribution in [3.05, 3.63) is 10.4 Å². The van der Waals surface area contributed by atoms with E-state index in [1.54, 1.807) is 0 Å². The number of ether oxygens (including phenoxy) is 1. The first kappa shape index (κ1) is 8.77. The lowest BCUT2D eigenvalue weighted by Crippen LogP contribution is -2.52. The van der Waals surface area contributed by atoms with Gasteiger partial charge in [-0.25, -0.2) is 0 Å². The maximum absolute atomic E-state index is 9.55. The fourth-order valence-electron chi connectivity index (χ4n) is 2.04. The van der Waals surface area contributed by atoms with Crippen LogP contribution in [0, 0.1) is 0 Å². The van der Waals surface area contributed by atoms with Gasteiger partial charge in [-0.3, -0.25) is 0 Å². The molecule has 2 heterocycles. The van der Waals surface area contributed by atoms with Gasteiger partial charge in [-0.05, 0) is 18.4 Å². The van der Waals surface area contributed by atoms with E-state index in [2.05, 4.69) is 10.0 Å². The summed E-state index contributed by atoms with van der Waals surface area (Å²) in [6, 6.07) is -0.640. The number of rotatable bonds is 1. The number of nitrogens with zero attached hydrogens (tertiary/aromatic N) is 3. The summed E-state index contributed by atoms with van der Waals surface area (Å²) in [6.07, 6.45) is -0.955. The van der Waals surface area contributed by atoms with Gasteiger partial charge in [0.1, 0.15) is 6.10 Å². The molecular formula is C7H11N3O3. The fraction of sp³-hybridized carbons (Fsp3) is 1.00. The van der Waals surface area contributed by atoms with Gasteiger partial charge in [0.2, 0.25) is 0 Å². The van der Waals surface area contributed by atoms with Gasteiger partial charge in [-0.2, -0.15) is 0 Å². The minimum Gasteiger partial charge on any atom is -0.390 e. The first-order chi connectivity index (χ1) is 6.24. The van der Waals surface area contributed by atoms with E-state index < -0.39 is 18.2 Å². The fourth-order valence-corrected chi connectivity index (χ4v) is 2.04. The highest BCUT2D eigenvalue weighted by molar-refractivity contribution is 5.00. The monoisotopic (exact) mass is 185 g/mol. The molecule has 0 amide bonds. The normalized spacial score (nSPS) is 48.6. The average Bonchev–Trinajstić information content (AvgIpc) is 2.56. The Bertz CT molecular complexity index is 253. The third-order valence-electron chi connectivity index (χ3n) is 2.73. The van der Waals surface area contributed by atoms with E-state index in [1.165, 1.54) is 0 Å². The molecule has 2 unspecified atom stereocenters. The van der Waals surface area contributed by atoms with Crippen molar-refractivity contribution in [3.8, 4) is 0 Å². The van der Waals surface area contributed by atoms with Crippen LogP contribution in [0.25, 0.3) is 10.4 Å². The van der Waals surface area contributed by atoms with Crippen molar-refractivity contribution in [1.29, 1.82) is 0 Å². The van der Waals surface area contributed by atoms with E-state index in [4.69, 9.17) is 10.3 Å². The summed E-state index contributed by atoms with van der Waals surface area (Å²) in [7, 11) is 0. The molecule has 2 rings (SSSR count). The van der Waals surface area contributed by atoms with Gasteiger partial charge >= 0.3 is 0 Å². The molecule has 2 bridgehead atoms. The van der Waals surface area contributed by atoms with Crippen LogP contribution >= 0.6 is 0 Å². The number of aliphatic hydroxyl groups excluding tert-OH is 2. The predicted octanol–water partition coefficient (Wildman–Crippen LogP) is -0.0517. The van der Waals surface area contributed by atoms with Crippen LogP contribution in [0.15, 0.2) is 5.11 Å². The van der Waals surface area contributed by atoms with E-state index in [0.717, 1.165) is 12.8 Å². The van der Waals surface area contributed by atoms with Crippen molar-refractivity contribution >= 4 is 0 Å². The van der Waals surface area contributed by atoms with Gasteiger partial charge < -0.3 is 14.9 Å². The van der Waals surface area contributed by atoms with Crippen LogP contribution in [-0.4, -0.2) is 40.7 Å². The summed E-state index contributed by atoms with van der Waals surface area (Å²) >= 11 is 0. The molecular weight excluding hydrogens is 174 g/mol. The molecule has 2 aliphatic rings. The topological polar surface area (TPSA) is 98.5 Å². The second kappa shape index (κ2) is 3.16. The number of hydrogen-bond acceptors (Lipinski definition) is 4. The molecule has 6 nitrogen and oxygen atoms in total. The van der Waals surface area contributed by atoms with Crippen molar-refractivity contribution in [1.82, 2.24) is 0 Å². The first-order valence-corrected chi connectivity index (χ1v) is 4.30. The molecule has 5 atom stereocenters. The molecule has 2 saturated heterocycles. The number of azide groups is 1. The largest absolute Gasteiger partial charge is 0.390 e. The van der Waals surface area contributed by atoms with Gasteiger partial charge in [0.25, 0.3) is 0 Å². The average molecular weight is 185 g/mol. The summed E-state index contributed by atoms with van der Waals surface area (Å²) in [4.78, 5) is 2.63. The standard InChI is InChI=1S/C7H11N3O3/c8-10-9-5-3-1-2-4(13-3)6(11)7(5)12/h3-7,11-12H,1-2H2/t3?,4-,5-,6-,7?/m1/s1. The maximum atomic E-state index is 9.55. The Labute approximate surface area is 74.8 Å². The van der Waals surface area contributed by atoms with E-state index in [1.807, 2.05) is 0 Å². The number of fused-ring (bicyclic) bond motifs is 2. The molecule has 2 N–H and O–H groups in total. The minimum atomic E-state index is -0.984. The highest BCUT2D eigenvalue weighted by atomic mass is 16.5. The van der Waals surface area contributed by atoms with Crippen molar-refractivity contribution < 1.29 is 14.9 Å². The molecule has 2 aliphatic heterocycles. The lowest BCUT2D eigenvalue weighted by Gasteiger charge is -2.34. The second-order valence-electron chi connectivity index (χ2n) is 3.47. The number of aliphatic hydroxyl groups is 2. The lowest BCUT2D eigenvalue weighted by atomic mass is 9.99. The zero-order valence-electron chi connectivity index (χ0n) is 6.95. The molecule has 6 heteroatoms. The molecule has 0 radical (unpaired) electrons. The summed E-state index contributed by atoms with van der Waals surface area (Å²) in [5.41, 5.74) is 8.26. The Hall–Kier alpha value is -0.810. The third-order valence-corrected chi connectivity index (χ3v) is 2.73. The molecule has 0 saturated carbocycles. The molecule has 0 aromatic carbocycles. The van der Waals surface area contributed by atoms with Gasteiger partial charge in [-0.15, -0.1) is 0 Å². The van der Waals surface area contributed by atoms with Crippen LogP contribution in [-0.2, 0) is 4.74 Å². The van der Waals surface area contributed by atoms with Gasteiger partial charge in [0, 0.05) is 4.91 Å². The summed E-state index contributed by atoms with van der Waals surface area (Å²) in [5.74, 6) is 0. The van der Waals surface area contributed by atoms with Crippen LogP contribution in [0.2, 0.25) is 0 Å². The van der Waals surface area contributed by atoms with Crippen molar-refractivity contribution in [2.75, 3.05) is 0 Å². The Kier molecular flexibility index (Phi) is 2.13. The zero-order valence-corrected chi connectivity index (χ0v) is 6.95. The third kappa shape index (κ3) is 1.28. The van der Waals surface area contributed by atoms with E-state index >= 15 is 0 Å². The Morgan fingerprint density at radius 3 is 2.62 bits per heavy atom. The van der Waals surface area contributed by atoms with Crippen LogP contribution < -0.4 is 0 Å². The van der Waals surface area contributed by atoms with Crippen LogP contribution in [0.5, 0.6) is 0 Å². The molecule has 0 aromatic rings. The second-order valence-corrected chi connectivity index (χ2v) is 3.47. The highest BCUT2D eigenvalue weighted by Crippen LogP contribution is 2.34. The van der Waals surface area contributed by atoms with Crippen molar-refractivity contribution in [3.63, 3.8) is 0 Å². The van der Waals surface area contributed by atoms with Gasteiger partial charge in [0.15, 0.2) is 0 Å². The molecule has 2 fully saturated rings. The predicted molar refractivity (Wildman–Crippen MR) is 42.8 cm³/mol. The number of hydrogen-bond donors (Lipinski definition) is 2. The van der Waals surface area contributed by atoms with Crippen LogP contribution in [0.3, 0.4) is 0 Å². The molecule has 72 valence electrons. The van der Waals surface area contributed by atoms with E-state index in [-0.39, 0.29) is 12.2 Å². The molecule has 0 spiro atoms. The molecule has 0 aromatic heterocycles. The molecule has 13 heavy (non-hydrogen) atoms. The Morgan fingerprint density at radius 1 is 1.23 bits per heavy atom. The van der Waals surface area contributed by atoms with Gasteiger partial charge in [-0.1, -0.05) is 5.11 Å². The zero-order chi connectivity index (χ0) is 9.42. The lowest BCUT2D eigenvalue weighted by molar-refractivity contribution is -0.146. The summed E-state index contributed by atoms with van der Waals surface area (Å²) in [5, 5.41) is 22.5. The van der Waals surface area contributed by atoms with E-state index in [0.29, 0.717) is 0 Å². The molecule has 0 aliphatic carbocycles. The Balaban J connectivity index is 2.21. The first-order valence-electron chi connectivity index (χ1n) is 4.30. The smallest absolute Gasteiger partial charge is 0.106 e. The quantitative estimate of drug-likeness (QED) is 0.340. The summed E-state index contributed by atoms with van der Waals surface area (Å²) < 4.78 is 5.37. The van der Waals surface area contributed by atoms with Crippen molar-refractivity contribution in [2.24, 2.45) is 5.11 Å². The maximum Gasteiger partial charge on any atom is 0.106 e. The Morgan fingerprint density at radius 2 is 1.92 bits per heavy atom.